The summed E-state index contributed by atoms with van der Waals surface area (Å²) >= 11 is 0. The molecule has 5 heteroatoms. The van der Waals surface area contributed by atoms with E-state index in [0.29, 0.717) is 24.3 Å². The van der Waals surface area contributed by atoms with Crippen LogP contribution in [-0.4, -0.2) is 24.1 Å². The molecule has 1 aromatic rings. The molecule has 0 bridgehead atoms. The molecule has 0 spiro atoms. The number of hydrogen-bond acceptors (Lipinski definition) is 3. The molecule has 0 radical (unpaired) electrons. The van der Waals surface area contributed by atoms with Gasteiger partial charge in [0.1, 0.15) is 5.75 Å². The molecular weight excluding hydrogens is 270 g/mol. The average molecular weight is 291 g/mol. The van der Waals surface area contributed by atoms with Gasteiger partial charge in [-0.25, -0.2) is 0 Å². The number of carbonyl (C=O) groups is 2. The number of carboxylic acids is 1. The van der Waals surface area contributed by atoms with Gasteiger partial charge >= 0.3 is 5.97 Å². The highest BCUT2D eigenvalue weighted by molar-refractivity contribution is 5.95. The number of anilines is 1. The van der Waals surface area contributed by atoms with Crippen molar-refractivity contribution >= 4 is 17.6 Å². The molecule has 1 saturated carbocycles. The van der Waals surface area contributed by atoms with E-state index in [1.165, 1.54) is 0 Å². The third-order valence-corrected chi connectivity index (χ3v) is 4.10. The van der Waals surface area contributed by atoms with Crippen LogP contribution in [0.4, 0.5) is 5.69 Å². The fraction of sp³-hybridized carbons (Fsp3) is 0.500. The highest BCUT2D eigenvalue weighted by Crippen LogP contribution is 2.32. The van der Waals surface area contributed by atoms with Gasteiger partial charge in [0.15, 0.2) is 0 Å². The molecule has 2 N–H and O–H groups in total. The Kier molecular flexibility index (Phi) is 4.83. The maximum atomic E-state index is 12.4. The predicted octanol–water partition coefficient (Wildman–Crippen LogP) is 2.83. The summed E-state index contributed by atoms with van der Waals surface area (Å²) in [4.78, 5) is 23.5. The van der Waals surface area contributed by atoms with E-state index in [9.17, 15) is 9.59 Å². The number of aryl methyl sites for hydroxylation is 1. The quantitative estimate of drug-likeness (QED) is 0.894. The summed E-state index contributed by atoms with van der Waals surface area (Å²) in [5, 5.41) is 12.0. The molecule has 0 saturated heterocycles. The maximum absolute atomic E-state index is 12.4. The lowest BCUT2D eigenvalue weighted by Crippen LogP contribution is -2.31. The Morgan fingerprint density at radius 1 is 1.29 bits per heavy atom. The molecule has 2 atom stereocenters. The van der Waals surface area contributed by atoms with Crippen LogP contribution in [0.2, 0.25) is 0 Å². The van der Waals surface area contributed by atoms with Crippen LogP contribution in [0.25, 0.3) is 0 Å². The summed E-state index contributed by atoms with van der Waals surface area (Å²) in [6.07, 6.45) is 2.59. The fourth-order valence-corrected chi connectivity index (χ4v) is 2.85. The zero-order chi connectivity index (χ0) is 15.4. The van der Waals surface area contributed by atoms with Crippen LogP contribution in [0.15, 0.2) is 18.2 Å². The van der Waals surface area contributed by atoms with Crippen molar-refractivity contribution in [1.29, 1.82) is 0 Å². The number of ether oxygens (including phenoxy) is 1. The molecule has 5 nitrogen and oxygen atoms in total. The van der Waals surface area contributed by atoms with Crippen molar-refractivity contribution in [3.8, 4) is 5.75 Å². The predicted molar refractivity (Wildman–Crippen MR) is 79.4 cm³/mol. The molecule has 0 heterocycles. The zero-order valence-corrected chi connectivity index (χ0v) is 12.4. The molecule has 0 aromatic heterocycles. The van der Waals surface area contributed by atoms with Crippen molar-refractivity contribution < 1.29 is 19.4 Å². The SMILES string of the molecule is COc1cccc(C)c1NC(=O)C1CCCC(C(=O)O)C1. The molecule has 114 valence electrons. The first-order valence-corrected chi connectivity index (χ1v) is 7.20. The normalized spacial score (nSPS) is 21.6. The number of carbonyl (C=O) groups excluding carboxylic acids is 1. The maximum Gasteiger partial charge on any atom is 0.306 e. The highest BCUT2D eigenvalue weighted by atomic mass is 16.5. The molecule has 1 amide bonds. The number of amides is 1. The van der Waals surface area contributed by atoms with Crippen molar-refractivity contribution in [2.45, 2.75) is 32.6 Å². The second kappa shape index (κ2) is 6.61. The van der Waals surface area contributed by atoms with E-state index >= 15 is 0 Å². The lowest BCUT2D eigenvalue weighted by atomic mass is 9.81. The van der Waals surface area contributed by atoms with E-state index in [1.807, 2.05) is 19.1 Å². The van der Waals surface area contributed by atoms with Gasteiger partial charge in [-0.3, -0.25) is 9.59 Å². The van der Waals surface area contributed by atoms with Gasteiger partial charge in [-0.05, 0) is 37.8 Å². The molecule has 2 unspecified atom stereocenters. The van der Waals surface area contributed by atoms with E-state index < -0.39 is 11.9 Å². The minimum atomic E-state index is -0.805. The number of methoxy groups -OCH3 is 1. The summed E-state index contributed by atoms with van der Waals surface area (Å²) in [6, 6.07) is 5.56. The lowest BCUT2D eigenvalue weighted by Gasteiger charge is -2.26. The van der Waals surface area contributed by atoms with Crippen LogP contribution in [-0.2, 0) is 9.59 Å². The van der Waals surface area contributed by atoms with Gasteiger partial charge in [-0.2, -0.15) is 0 Å². The third kappa shape index (κ3) is 3.54. The highest BCUT2D eigenvalue weighted by Gasteiger charge is 2.31. The molecule has 1 fully saturated rings. The Labute approximate surface area is 124 Å². The van der Waals surface area contributed by atoms with Crippen LogP contribution in [0.3, 0.4) is 0 Å². The second-order valence-corrected chi connectivity index (χ2v) is 5.54. The Morgan fingerprint density at radius 3 is 2.67 bits per heavy atom. The molecule has 21 heavy (non-hydrogen) atoms. The Morgan fingerprint density at radius 2 is 2.00 bits per heavy atom. The standard InChI is InChI=1S/C16H21NO4/c1-10-5-3-8-13(21-2)14(10)17-15(18)11-6-4-7-12(9-11)16(19)20/h3,5,8,11-12H,4,6-7,9H2,1-2H3,(H,17,18)(H,19,20). The molecule has 2 rings (SSSR count). The topological polar surface area (TPSA) is 75.6 Å². The second-order valence-electron chi connectivity index (χ2n) is 5.54. The summed E-state index contributed by atoms with van der Waals surface area (Å²) in [5.74, 6) is -0.958. The largest absolute Gasteiger partial charge is 0.495 e. The Balaban J connectivity index is 2.09. The van der Waals surface area contributed by atoms with E-state index in [0.717, 1.165) is 18.4 Å². The third-order valence-electron chi connectivity index (χ3n) is 4.10. The molecule has 1 aliphatic carbocycles. The van der Waals surface area contributed by atoms with Crippen molar-refractivity contribution in [2.75, 3.05) is 12.4 Å². The Bertz CT molecular complexity index is 541. The fourth-order valence-electron chi connectivity index (χ4n) is 2.85. The van der Waals surface area contributed by atoms with Gasteiger partial charge in [0.05, 0.1) is 18.7 Å². The van der Waals surface area contributed by atoms with Gasteiger partial charge in [0.2, 0.25) is 5.91 Å². The van der Waals surface area contributed by atoms with Crippen molar-refractivity contribution in [1.82, 2.24) is 0 Å². The van der Waals surface area contributed by atoms with Crippen LogP contribution < -0.4 is 10.1 Å². The lowest BCUT2D eigenvalue weighted by molar-refractivity contribution is -0.143. The summed E-state index contributed by atoms with van der Waals surface area (Å²) in [7, 11) is 1.56. The number of nitrogens with one attached hydrogen (secondary N) is 1. The minimum Gasteiger partial charge on any atom is -0.495 e. The van der Waals surface area contributed by atoms with Crippen molar-refractivity contribution in [3.63, 3.8) is 0 Å². The van der Waals surface area contributed by atoms with E-state index in [2.05, 4.69) is 5.32 Å². The number of aliphatic carboxylic acids is 1. The Hall–Kier alpha value is -2.04. The summed E-state index contributed by atoms with van der Waals surface area (Å²) in [6.45, 7) is 1.90. The van der Waals surface area contributed by atoms with E-state index in [1.54, 1.807) is 13.2 Å². The van der Waals surface area contributed by atoms with Crippen LogP contribution >= 0.6 is 0 Å². The first-order valence-electron chi connectivity index (χ1n) is 7.20. The smallest absolute Gasteiger partial charge is 0.306 e. The number of hydrogen-bond donors (Lipinski definition) is 2. The molecular formula is C16H21NO4. The van der Waals surface area contributed by atoms with Crippen LogP contribution in [0.1, 0.15) is 31.2 Å². The van der Waals surface area contributed by atoms with Gasteiger partial charge < -0.3 is 15.2 Å². The summed E-state index contributed by atoms with van der Waals surface area (Å²) < 4.78 is 5.26. The molecule has 1 aromatic carbocycles. The molecule has 0 aliphatic heterocycles. The number of rotatable bonds is 4. The van der Waals surface area contributed by atoms with E-state index in [-0.39, 0.29) is 11.8 Å². The van der Waals surface area contributed by atoms with Gasteiger partial charge in [-0.1, -0.05) is 18.6 Å². The monoisotopic (exact) mass is 291 g/mol. The van der Waals surface area contributed by atoms with Crippen molar-refractivity contribution in [2.24, 2.45) is 11.8 Å². The molecule has 1 aliphatic rings. The zero-order valence-electron chi connectivity index (χ0n) is 12.4. The van der Waals surface area contributed by atoms with Gasteiger partial charge in [-0.15, -0.1) is 0 Å². The van der Waals surface area contributed by atoms with Gasteiger partial charge in [0.25, 0.3) is 0 Å². The van der Waals surface area contributed by atoms with Crippen molar-refractivity contribution in [3.05, 3.63) is 23.8 Å². The summed E-state index contributed by atoms with van der Waals surface area (Å²) in [5.41, 5.74) is 1.59. The average Bonchev–Trinajstić information content (AvgIpc) is 2.49. The first-order chi connectivity index (χ1) is 10.0. The van der Waals surface area contributed by atoms with Crippen LogP contribution in [0.5, 0.6) is 5.75 Å². The number of benzene rings is 1. The van der Waals surface area contributed by atoms with Crippen LogP contribution in [0, 0.1) is 18.8 Å². The van der Waals surface area contributed by atoms with E-state index in [4.69, 9.17) is 9.84 Å². The van der Waals surface area contributed by atoms with Gasteiger partial charge in [0, 0.05) is 5.92 Å². The first kappa shape index (κ1) is 15.4. The number of para-hydroxylation sites is 1. The minimum absolute atomic E-state index is 0.117. The number of carboxylic acid groups (broad SMARTS) is 1.